The summed E-state index contributed by atoms with van der Waals surface area (Å²) >= 11 is 6.07. The summed E-state index contributed by atoms with van der Waals surface area (Å²) in [4.78, 5) is 12.7. The third-order valence-corrected chi connectivity index (χ3v) is 3.26. The number of rotatable bonds is 2. The second kappa shape index (κ2) is 5.69. The highest BCUT2D eigenvalue weighted by molar-refractivity contribution is 6.30. The number of nitrogens with zero attached hydrogens (tertiary/aromatic N) is 3. The molecule has 0 spiro atoms. The van der Waals surface area contributed by atoms with Crippen LogP contribution in [0.4, 0.5) is 16.3 Å². The van der Waals surface area contributed by atoms with Crippen LogP contribution in [0.3, 0.4) is 0 Å². The molecule has 0 saturated heterocycles. The summed E-state index contributed by atoms with van der Waals surface area (Å²) in [5.74, 6) is 0.225. The molecule has 0 radical (unpaired) electrons. The second-order valence-corrected chi connectivity index (χ2v) is 5.97. The molecule has 0 aliphatic rings. The molecular formula is C15H16ClN3O2. The first-order valence-corrected chi connectivity index (χ1v) is 6.80. The molecule has 0 aliphatic carbocycles. The minimum Gasteiger partial charge on any atom is -0.464 e. The van der Waals surface area contributed by atoms with Gasteiger partial charge in [-0.25, -0.2) is 9.69 Å². The van der Waals surface area contributed by atoms with Gasteiger partial charge in [0, 0.05) is 5.56 Å². The predicted molar refractivity (Wildman–Crippen MR) is 82.3 cm³/mol. The molecule has 0 aliphatic heterocycles. The first-order chi connectivity index (χ1) is 9.80. The summed E-state index contributed by atoms with van der Waals surface area (Å²) in [5.41, 5.74) is 0.987. The third kappa shape index (κ3) is 3.31. The molecule has 6 heteroatoms. The van der Waals surface area contributed by atoms with E-state index in [1.165, 1.54) is 0 Å². The Hall–Kier alpha value is -2.14. The number of para-hydroxylation sites is 1. The summed E-state index contributed by atoms with van der Waals surface area (Å²) in [6.07, 6.45) is -1.13. The van der Waals surface area contributed by atoms with E-state index in [0.29, 0.717) is 5.69 Å². The summed E-state index contributed by atoms with van der Waals surface area (Å²) in [5, 5.41) is 17.5. The van der Waals surface area contributed by atoms with E-state index in [9.17, 15) is 9.90 Å². The summed E-state index contributed by atoms with van der Waals surface area (Å²) in [7, 11) is 0. The highest BCUT2D eigenvalue weighted by atomic mass is 35.5. The zero-order valence-corrected chi connectivity index (χ0v) is 12.8. The number of amides is 1. The number of benzene rings is 1. The molecular weight excluding hydrogens is 290 g/mol. The quantitative estimate of drug-likeness (QED) is 0.901. The smallest absolute Gasteiger partial charge is 0.417 e. The predicted octanol–water partition coefficient (Wildman–Crippen LogP) is 4.24. The van der Waals surface area contributed by atoms with Crippen molar-refractivity contribution in [3.8, 4) is 0 Å². The van der Waals surface area contributed by atoms with E-state index < -0.39 is 6.09 Å². The number of hydrogen-bond acceptors (Lipinski definition) is 3. The molecule has 0 unspecified atom stereocenters. The fraction of sp³-hybridized carbons (Fsp3) is 0.267. The Morgan fingerprint density at radius 2 is 1.81 bits per heavy atom. The lowest BCUT2D eigenvalue weighted by atomic mass is 9.88. The summed E-state index contributed by atoms with van der Waals surface area (Å²) in [6, 6.07) is 10.4. The second-order valence-electron chi connectivity index (χ2n) is 5.61. The number of anilines is 2. The van der Waals surface area contributed by atoms with Gasteiger partial charge >= 0.3 is 6.09 Å². The number of aromatic nitrogens is 2. The minimum atomic E-state index is -1.13. The van der Waals surface area contributed by atoms with Crippen molar-refractivity contribution in [2.45, 2.75) is 26.2 Å². The van der Waals surface area contributed by atoms with Crippen LogP contribution in [0.15, 0.2) is 36.4 Å². The maximum atomic E-state index is 11.6. The van der Waals surface area contributed by atoms with Crippen molar-refractivity contribution in [3.63, 3.8) is 0 Å². The Balaban J connectivity index is 2.55. The Bertz CT molecular complexity index is 654. The molecule has 2 aromatic rings. The fourth-order valence-electron chi connectivity index (χ4n) is 1.92. The number of carboxylic acid groups (broad SMARTS) is 1. The molecule has 0 saturated carbocycles. The average Bonchev–Trinajstić information content (AvgIpc) is 2.40. The van der Waals surface area contributed by atoms with Crippen LogP contribution in [0.1, 0.15) is 26.3 Å². The normalized spacial score (nSPS) is 11.2. The molecule has 1 N–H and O–H groups in total. The Labute approximate surface area is 128 Å². The van der Waals surface area contributed by atoms with Crippen LogP contribution in [0, 0.1) is 0 Å². The van der Waals surface area contributed by atoms with Gasteiger partial charge in [-0.15, -0.1) is 10.2 Å². The van der Waals surface area contributed by atoms with E-state index >= 15 is 0 Å². The molecule has 110 valence electrons. The van der Waals surface area contributed by atoms with Crippen LogP contribution in [0.5, 0.6) is 0 Å². The van der Waals surface area contributed by atoms with Gasteiger partial charge in [0.15, 0.2) is 11.0 Å². The zero-order valence-electron chi connectivity index (χ0n) is 12.0. The minimum absolute atomic E-state index is 0.225. The highest BCUT2D eigenvalue weighted by Crippen LogP contribution is 2.32. The van der Waals surface area contributed by atoms with Gasteiger partial charge in [0.25, 0.3) is 0 Å². The van der Waals surface area contributed by atoms with E-state index in [4.69, 9.17) is 11.6 Å². The Morgan fingerprint density at radius 1 is 1.19 bits per heavy atom. The van der Waals surface area contributed by atoms with Crippen molar-refractivity contribution < 1.29 is 9.90 Å². The summed E-state index contributed by atoms with van der Waals surface area (Å²) in [6.45, 7) is 5.94. The van der Waals surface area contributed by atoms with Crippen LogP contribution < -0.4 is 4.90 Å². The van der Waals surface area contributed by atoms with Gasteiger partial charge in [-0.2, -0.15) is 0 Å². The molecule has 1 aromatic heterocycles. The summed E-state index contributed by atoms with van der Waals surface area (Å²) < 4.78 is 0. The van der Waals surface area contributed by atoms with Crippen LogP contribution >= 0.6 is 11.6 Å². The molecule has 5 nitrogen and oxygen atoms in total. The van der Waals surface area contributed by atoms with Crippen molar-refractivity contribution in [2.75, 3.05) is 4.90 Å². The van der Waals surface area contributed by atoms with Gasteiger partial charge in [0.05, 0.1) is 5.69 Å². The van der Waals surface area contributed by atoms with Crippen molar-refractivity contribution in [1.29, 1.82) is 0 Å². The van der Waals surface area contributed by atoms with Crippen molar-refractivity contribution in [2.24, 2.45) is 0 Å². The number of halogens is 1. The van der Waals surface area contributed by atoms with Gasteiger partial charge in [0.1, 0.15) is 0 Å². The fourth-order valence-corrected chi connectivity index (χ4v) is 2.30. The van der Waals surface area contributed by atoms with Gasteiger partial charge in [-0.05, 0) is 23.6 Å². The van der Waals surface area contributed by atoms with E-state index in [1.54, 1.807) is 30.3 Å². The molecule has 1 amide bonds. The largest absolute Gasteiger partial charge is 0.464 e. The first-order valence-electron chi connectivity index (χ1n) is 6.42. The standard InChI is InChI=1S/C15H16ClN3O2/c1-15(2,3)11-9-12(17-18-13(11)16)19(14(20)21)10-7-5-4-6-8-10/h4-9H,1-3H3,(H,20,21). The molecule has 1 aromatic carbocycles. The lowest BCUT2D eigenvalue weighted by Crippen LogP contribution is -2.26. The van der Waals surface area contributed by atoms with Gasteiger partial charge < -0.3 is 5.11 Å². The van der Waals surface area contributed by atoms with Crippen molar-refractivity contribution >= 4 is 29.2 Å². The van der Waals surface area contributed by atoms with Crippen LogP contribution in [0.25, 0.3) is 0 Å². The van der Waals surface area contributed by atoms with E-state index in [1.807, 2.05) is 26.8 Å². The Morgan fingerprint density at radius 3 is 2.33 bits per heavy atom. The van der Waals surface area contributed by atoms with Crippen molar-refractivity contribution in [1.82, 2.24) is 10.2 Å². The lowest BCUT2D eigenvalue weighted by molar-refractivity contribution is 0.204. The van der Waals surface area contributed by atoms with Crippen LogP contribution in [0.2, 0.25) is 5.15 Å². The third-order valence-electron chi connectivity index (χ3n) is 2.98. The SMILES string of the molecule is CC(C)(C)c1cc(N(C(=O)O)c2ccccc2)nnc1Cl. The number of hydrogen-bond donors (Lipinski definition) is 1. The maximum absolute atomic E-state index is 11.6. The molecule has 2 rings (SSSR count). The number of carbonyl (C=O) groups is 1. The lowest BCUT2D eigenvalue weighted by Gasteiger charge is -2.23. The topological polar surface area (TPSA) is 66.3 Å². The van der Waals surface area contributed by atoms with Crippen molar-refractivity contribution in [3.05, 3.63) is 47.1 Å². The molecule has 0 fully saturated rings. The van der Waals surface area contributed by atoms with E-state index in [2.05, 4.69) is 10.2 Å². The van der Waals surface area contributed by atoms with Gasteiger partial charge in [-0.3, -0.25) is 0 Å². The van der Waals surface area contributed by atoms with E-state index in [-0.39, 0.29) is 16.4 Å². The Kier molecular flexibility index (Phi) is 4.14. The molecule has 21 heavy (non-hydrogen) atoms. The average molecular weight is 306 g/mol. The first kappa shape index (κ1) is 15.3. The molecule has 0 bridgehead atoms. The van der Waals surface area contributed by atoms with E-state index in [0.717, 1.165) is 10.5 Å². The molecule has 1 heterocycles. The zero-order chi connectivity index (χ0) is 15.6. The maximum Gasteiger partial charge on any atom is 0.417 e. The monoisotopic (exact) mass is 305 g/mol. The van der Waals surface area contributed by atoms with Crippen LogP contribution in [-0.4, -0.2) is 21.4 Å². The highest BCUT2D eigenvalue weighted by Gasteiger charge is 2.24. The van der Waals surface area contributed by atoms with Gasteiger partial charge in [0.2, 0.25) is 0 Å². The molecule has 0 atom stereocenters. The van der Waals surface area contributed by atoms with Gasteiger partial charge in [-0.1, -0.05) is 50.6 Å². The van der Waals surface area contributed by atoms with Crippen LogP contribution in [-0.2, 0) is 5.41 Å².